The highest BCUT2D eigenvalue weighted by molar-refractivity contribution is 7.98. The average molecular weight is 466 g/mol. The van der Waals surface area contributed by atoms with Gasteiger partial charge in [0.2, 0.25) is 0 Å². The number of thioether (sulfide) groups is 1. The van der Waals surface area contributed by atoms with Crippen molar-refractivity contribution in [1.29, 1.82) is 0 Å². The topological polar surface area (TPSA) is 52.2 Å². The third kappa shape index (κ3) is 4.36. The molecule has 0 fully saturated rings. The van der Waals surface area contributed by atoms with Gasteiger partial charge in [-0.25, -0.2) is 9.97 Å². The molecule has 0 aliphatic heterocycles. The Morgan fingerprint density at radius 3 is 2.48 bits per heavy atom. The Labute approximate surface area is 190 Å². The van der Waals surface area contributed by atoms with Gasteiger partial charge in [0.1, 0.15) is 5.65 Å². The Kier molecular flexibility index (Phi) is 5.41. The van der Waals surface area contributed by atoms with Gasteiger partial charge in [-0.2, -0.15) is 13.2 Å². The second-order valence-corrected chi connectivity index (χ2v) is 8.41. The Morgan fingerprint density at radius 2 is 1.70 bits per heavy atom. The molecule has 0 saturated heterocycles. The van der Waals surface area contributed by atoms with E-state index in [0.29, 0.717) is 34.3 Å². The van der Waals surface area contributed by atoms with Crippen molar-refractivity contribution in [2.75, 3.05) is 0 Å². The van der Waals surface area contributed by atoms with Gasteiger partial charge in [0.05, 0.1) is 28.8 Å². The summed E-state index contributed by atoms with van der Waals surface area (Å²) < 4.78 is 43.0. The van der Waals surface area contributed by atoms with E-state index >= 15 is 0 Å². The van der Waals surface area contributed by atoms with Gasteiger partial charge in [-0.1, -0.05) is 48.2 Å². The minimum Gasteiger partial charge on any atom is -0.314 e. The number of aromatic nitrogens is 4. The molecular formula is C24H17F3N4OS. The third-order valence-electron chi connectivity index (χ3n) is 5.20. The number of fused-ring (bicyclic) bond motifs is 2. The number of hydrogen-bond donors (Lipinski definition) is 0. The van der Waals surface area contributed by atoms with E-state index in [1.807, 2.05) is 34.9 Å². The van der Waals surface area contributed by atoms with Crippen LogP contribution in [-0.4, -0.2) is 18.9 Å². The van der Waals surface area contributed by atoms with Crippen molar-refractivity contribution in [2.45, 2.75) is 23.6 Å². The molecule has 0 radical (unpaired) electrons. The molecule has 0 bridgehead atoms. The van der Waals surface area contributed by atoms with E-state index in [1.54, 1.807) is 24.4 Å². The van der Waals surface area contributed by atoms with Crippen molar-refractivity contribution in [3.8, 4) is 0 Å². The van der Waals surface area contributed by atoms with Crippen molar-refractivity contribution < 1.29 is 13.2 Å². The van der Waals surface area contributed by atoms with Crippen molar-refractivity contribution in [3.05, 3.63) is 106 Å². The summed E-state index contributed by atoms with van der Waals surface area (Å²) in [5, 5.41) is 0.559. The van der Waals surface area contributed by atoms with Crippen LogP contribution in [0.5, 0.6) is 0 Å². The summed E-state index contributed by atoms with van der Waals surface area (Å²) in [6.45, 7) is 0.457. The molecule has 3 heterocycles. The van der Waals surface area contributed by atoms with Gasteiger partial charge < -0.3 is 4.57 Å². The summed E-state index contributed by atoms with van der Waals surface area (Å²) in [6, 6.07) is 20.0. The third-order valence-corrected chi connectivity index (χ3v) is 6.21. The molecule has 0 aliphatic rings. The summed E-state index contributed by atoms with van der Waals surface area (Å²) in [5.74, 6) is 0.352. The van der Waals surface area contributed by atoms with Crippen LogP contribution in [0.25, 0.3) is 16.7 Å². The summed E-state index contributed by atoms with van der Waals surface area (Å²) in [5.41, 5.74) is 2.07. The molecule has 0 aliphatic carbocycles. The Morgan fingerprint density at radius 1 is 0.909 bits per heavy atom. The molecule has 0 amide bonds. The van der Waals surface area contributed by atoms with E-state index in [1.165, 1.54) is 28.3 Å². The number of pyridine rings is 1. The second kappa shape index (κ2) is 8.40. The van der Waals surface area contributed by atoms with Gasteiger partial charge >= 0.3 is 6.18 Å². The molecule has 2 aromatic carbocycles. The van der Waals surface area contributed by atoms with Crippen LogP contribution >= 0.6 is 11.8 Å². The lowest BCUT2D eigenvalue weighted by Gasteiger charge is -2.10. The molecule has 166 valence electrons. The van der Waals surface area contributed by atoms with Gasteiger partial charge in [0.25, 0.3) is 5.56 Å². The van der Waals surface area contributed by atoms with Crippen molar-refractivity contribution in [1.82, 2.24) is 18.9 Å². The van der Waals surface area contributed by atoms with Crippen LogP contribution in [0.2, 0.25) is 0 Å². The highest BCUT2D eigenvalue weighted by atomic mass is 32.2. The smallest absolute Gasteiger partial charge is 0.314 e. The molecule has 5 nitrogen and oxygen atoms in total. The lowest BCUT2D eigenvalue weighted by atomic mass is 10.2. The molecule has 9 heteroatoms. The predicted molar refractivity (Wildman–Crippen MR) is 121 cm³/mol. The van der Waals surface area contributed by atoms with Crippen molar-refractivity contribution in [2.24, 2.45) is 0 Å². The summed E-state index contributed by atoms with van der Waals surface area (Å²) in [7, 11) is 0. The van der Waals surface area contributed by atoms with Crippen LogP contribution in [0.4, 0.5) is 13.2 Å². The second-order valence-electron chi connectivity index (χ2n) is 7.47. The molecule has 33 heavy (non-hydrogen) atoms. The highest BCUT2D eigenvalue weighted by Crippen LogP contribution is 2.33. The van der Waals surface area contributed by atoms with Crippen LogP contribution in [0, 0.1) is 0 Å². The fourth-order valence-electron chi connectivity index (χ4n) is 3.63. The molecule has 5 rings (SSSR count). The van der Waals surface area contributed by atoms with Gasteiger partial charge in [-0.15, -0.1) is 0 Å². The predicted octanol–water partition coefficient (Wildman–Crippen LogP) is 5.40. The minimum atomic E-state index is -4.44. The Hall–Kier alpha value is -3.59. The molecule has 0 N–H and O–H groups in total. The van der Waals surface area contributed by atoms with E-state index in [2.05, 4.69) is 9.97 Å². The maximum Gasteiger partial charge on any atom is 0.416 e. The zero-order valence-corrected chi connectivity index (χ0v) is 18.0. The minimum absolute atomic E-state index is 0.191. The van der Waals surface area contributed by atoms with Gasteiger partial charge in [0, 0.05) is 18.0 Å². The largest absolute Gasteiger partial charge is 0.416 e. The summed E-state index contributed by atoms with van der Waals surface area (Å²) in [4.78, 5) is 21.4. The van der Waals surface area contributed by atoms with E-state index in [-0.39, 0.29) is 11.1 Å². The maximum absolute atomic E-state index is 13.2. The van der Waals surface area contributed by atoms with Crippen LogP contribution in [0.3, 0.4) is 0 Å². The number of benzene rings is 2. The molecule has 0 spiro atoms. The van der Waals surface area contributed by atoms with Crippen LogP contribution in [0.1, 0.15) is 16.8 Å². The standard InChI is InChI=1S/C24H17F3N4OS/c25-24(26,27)17-9-10-20-19(12-17)29-23(31(20)14-16-6-2-1-3-7-16)33-15-18-13-22(32)30-11-5-4-8-21(30)28-18/h1-13H,14-15H2. The molecule has 3 aromatic heterocycles. The van der Waals surface area contributed by atoms with Crippen LogP contribution in [-0.2, 0) is 18.5 Å². The number of imidazole rings is 1. The quantitative estimate of drug-likeness (QED) is 0.325. The van der Waals surface area contributed by atoms with Crippen molar-refractivity contribution in [3.63, 3.8) is 0 Å². The number of halogens is 3. The zero-order valence-electron chi connectivity index (χ0n) is 17.2. The SMILES string of the molecule is O=c1cc(CSc2nc3cc(C(F)(F)F)ccc3n2Cc2ccccc2)nc2ccccn12. The average Bonchev–Trinajstić information content (AvgIpc) is 3.14. The van der Waals surface area contributed by atoms with E-state index in [9.17, 15) is 18.0 Å². The van der Waals surface area contributed by atoms with E-state index < -0.39 is 11.7 Å². The number of nitrogens with zero attached hydrogens (tertiary/aromatic N) is 4. The maximum atomic E-state index is 13.2. The molecule has 0 unspecified atom stereocenters. The number of alkyl halides is 3. The number of rotatable bonds is 5. The van der Waals surface area contributed by atoms with Crippen molar-refractivity contribution >= 4 is 28.4 Å². The zero-order chi connectivity index (χ0) is 23.0. The fourth-order valence-corrected chi connectivity index (χ4v) is 4.53. The summed E-state index contributed by atoms with van der Waals surface area (Å²) in [6.07, 6.45) is -2.79. The Bertz CT molecular complexity index is 1510. The molecular weight excluding hydrogens is 449 g/mol. The van der Waals surface area contributed by atoms with E-state index in [4.69, 9.17) is 0 Å². The highest BCUT2D eigenvalue weighted by Gasteiger charge is 2.31. The monoisotopic (exact) mass is 466 g/mol. The molecule has 5 aromatic rings. The lowest BCUT2D eigenvalue weighted by molar-refractivity contribution is -0.137. The summed E-state index contributed by atoms with van der Waals surface area (Å²) >= 11 is 1.34. The first-order valence-corrected chi connectivity index (χ1v) is 11.1. The Balaban J connectivity index is 1.53. The first-order chi connectivity index (χ1) is 15.9. The normalized spacial score (nSPS) is 12.0. The number of hydrogen-bond acceptors (Lipinski definition) is 4. The van der Waals surface area contributed by atoms with E-state index in [0.717, 1.165) is 17.7 Å². The molecule has 0 atom stereocenters. The van der Waals surface area contributed by atoms with Gasteiger partial charge in [-0.05, 0) is 35.9 Å². The van der Waals surface area contributed by atoms with Crippen LogP contribution in [0.15, 0.2) is 88.9 Å². The first kappa shape index (κ1) is 21.3. The van der Waals surface area contributed by atoms with Crippen LogP contribution < -0.4 is 5.56 Å². The first-order valence-electron chi connectivity index (χ1n) is 10.1. The van der Waals surface area contributed by atoms with Gasteiger partial charge in [0.15, 0.2) is 5.16 Å². The molecule has 0 saturated carbocycles. The lowest BCUT2D eigenvalue weighted by Crippen LogP contribution is -2.14. The van der Waals surface area contributed by atoms with Gasteiger partial charge in [-0.3, -0.25) is 9.20 Å². The fraction of sp³-hybridized carbons (Fsp3) is 0.125.